The van der Waals surface area contributed by atoms with Gasteiger partial charge in [-0.25, -0.2) is 9.37 Å². The van der Waals surface area contributed by atoms with E-state index in [-0.39, 0.29) is 23.2 Å². The third-order valence-electron chi connectivity index (χ3n) is 5.77. The number of fused-ring (bicyclic) bond motifs is 6. The van der Waals surface area contributed by atoms with Gasteiger partial charge in [-0.1, -0.05) is 0 Å². The van der Waals surface area contributed by atoms with Gasteiger partial charge in [-0.3, -0.25) is 14.0 Å². The highest BCUT2D eigenvalue weighted by molar-refractivity contribution is 6.11. The number of imidazole rings is 1. The van der Waals surface area contributed by atoms with Gasteiger partial charge in [0.25, 0.3) is 5.56 Å². The topological polar surface area (TPSA) is 70.5 Å². The highest BCUT2D eigenvalue weighted by atomic mass is 19.1. The number of carbonyl (C=O) groups is 1. The standard InChI is InChI=1S/C21H19FN4O2/c1-12(27)25-8-5-13(6-9-25)17-11-26-18-4-7-23-21(28)19(18)16-10-14(22)2-3-15(16)20(26)24-17/h2-4,7,10-11,13H,5-6,8-9H2,1H3,(H,23,28). The molecule has 4 aromatic rings. The molecule has 142 valence electrons. The van der Waals surface area contributed by atoms with Crippen LogP contribution in [0.15, 0.2) is 41.5 Å². The van der Waals surface area contributed by atoms with Crippen molar-refractivity contribution in [3.8, 4) is 0 Å². The molecule has 0 spiro atoms. The molecule has 28 heavy (non-hydrogen) atoms. The van der Waals surface area contributed by atoms with E-state index >= 15 is 0 Å². The minimum absolute atomic E-state index is 0.103. The van der Waals surface area contributed by atoms with Crippen LogP contribution in [0.25, 0.3) is 27.3 Å². The molecule has 0 aliphatic carbocycles. The number of hydrogen-bond donors (Lipinski definition) is 1. The molecule has 7 heteroatoms. The van der Waals surface area contributed by atoms with Crippen LogP contribution < -0.4 is 5.56 Å². The molecule has 3 aromatic heterocycles. The van der Waals surface area contributed by atoms with Crippen molar-refractivity contribution in [3.05, 3.63) is 58.5 Å². The number of piperidine rings is 1. The first-order valence-electron chi connectivity index (χ1n) is 9.40. The summed E-state index contributed by atoms with van der Waals surface area (Å²) in [6.45, 7) is 3.04. The maximum atomic E-state index is 13.9. The largest absolute Gasteiger partial charge is 0.343 e. The Hall–Kier alpha value is -3.22. The first-order valence-corrected chi connectivity index (χ1v) is 9.40. The molecule has 0 atom stereocenters. The molecule has 1 aromatic carbocycles. The predicted molar refractivity (Wildman–Crippen MR) is 105 cm³/mol. The molecule has 1 saturated heterocycles. The molecular formula is C21H19FN4O2. The van der Waals surface area contributed by atoms with Crippen LogP contribution in [0, 0.1) is 5.82 Å². The van der Waals surface area contributed by atoms with Crippen molar-refractivity contribution < 1.29 is 9.18 Å². The average molecular weight is 378 g/mol. The van der Waals surface area contributed by atoms with Crippen molar-refractivity contribution in [3.63, 3.8) is 0 Å². The van der Waals surface area contributed by atoms with E-state index in [4.69, 9.17) is 4.98 Å². The number of halogens is 1. The van der Waals surface area contributed by atoms with E-state index in [9.17, 15) is 14.0 Å². The van der Waals surface area contributed by atoms with Gasteiger partial charge in [0.1, 0.15) is 11.5 Å². The fraction of sp³-hybridized carbons (Fsp3) is 0.286. The van der Waals surface area contributed by atoms with Crippen molar-refractivity contribution in [2.45, 2.75) is 25.7 Å². The van der Waals surface area contributed by atoms with E-state index in [1.807, 2.05) is 21.6 Å². The van der Waals surface area contributed by atoms with E-state index in [0.29, 0.717) is 16.3 Å². The molecule has 0 unspecified atom stereocenters. The van der Waals surface area contributed by atoms with Gasteiger partial charge < -0.3 is 9.88 Å². The van der Waals surface area contributed by atoms with Crippen LogP contribution in [0.3, 0.4) is 0 Å². The van der Waals surface area contributed by atoms with Gasteiger partial charge in [-0.15, -0.1) is 0 Å². The summed E-state index contributed by atoms with van der Waals surface area (Å²) in [6, 6.07) is 6.29. The average Bonchev–Trinajstić information content (AvgIpc) is 3.13. The SMILES string of the molecule is CC(=O)N1CCC(c2cn3c4cc[nH]c(=O)c4c4cc(F)ccc4c3n2)CC1. The minimum atomic E-state index is -0.384. The summed E-state index contributed by atoms with van der Waals surface area (Å²) in [5, 5.41) is 1.77. The van der Waals surface area contributed by atoms with E-state index in [2.05, 4.69) is 4.98 Å². The Labute approximate surface area is 159 Å². The molecular weight excluding hydrogens is 359 g/mol. The van der Waals surface area contributed by atoms with E-state index < -0.39 is 0 Å². The number of hydrogen-bond acceptors (Lipinski definition) is 3. The Balaban J connectivity index is 1.73. The Kier molecular flexibility index (Phi) is 3.72. The Morgan fingerprint density at radius 1 is 1.21 bits per heavy atom. The molecule has 1 fully saturated rings. The zero-order valence-electron chi connectivity index (χ0n) is 15.4. The number of nitrogens with zero attached hydrogens (tertiary/aromatic N) is 3. The summed E-state index contributed by atoms with van der Waals surface area (Å²) >= 11 is 0. The summed E-state index contributed by atoms with van der Waals surface area (Å²) in [4.78, 5) is 33.5. The lowest BCUT2D eigenvalue weighted by atomic mass is 9.94. The zero-order valence-corrected chi connectivity index (χ0v) is 15.4. The first kappa shape index (κ1) is 16.9. The van der Waals surface area contributed by atoms with Crippen LogP contribution >= 0.6 is 0 Å². The molecule has 0 radical (unpaired) electrons. The monoisotopic (exact) mass is 378 g/mol. The summed E-state index contributed by atoms with van der Waals surface area (Å²) in [5.74, 6) is -0.0282. The number of aromatic amines is 1. The number of pyridine rings is 2. The fourth-order valence-corrected chi connectivity index (χ4v) is 4.31. The lowest BCUT2D eigenvalue weighted by Crippen LogP contribution is -2.36. The van der Waals surface area contributed by atoms with Crippen LogP contribution in [0.2, 0.25) is 0 Å². The number of H-pyrrole nitrogens is 1. The number of benzene rings is 1. The number of amides is 1. The van der Waals surface area contributed by atoms with Crippen LogP contribution in [0.1, 0.15) is 31.4 Å². The van der Waals surface area contributed by atoms with Crippen molar-refractivity contribution in [1.82, 2.24) is 19.3 Å². The highest BCUT2D eigenvalue weighted by Gasteiger charge is 2.25. The number of likely N-dealkylation sites (tertiary alicyclic amines) is 1. The zero-order chi connectivity index (χ0) is 19.4. The van der Waals surface area contributed by atoms with Crippen molar-refractivity contribution in [2.24, 2.45) is 0 Å². The maximum absolute atomic E-state index is 13.9. The van der Waals surface area contributed by atoms with Gasteiger partial charge in [-0.05, 0) is 37.1 Å². The Morgan fingerprint density at radius 3 is 2.75 bits per heavy atom. The van der Waals surface area contributed by atoms with E-state index in [1.54, 1.807) is 19.2 Å². The second kappa shape index (κ2) is 6.15. The van der Waals surface area contributed by atoms with Crippen molar-refractivity contribution in [1.29, 1.82) is 0 Å². The molecule has 6 nitrogen and oxygen atoms in total. The van der Waals surface area contributed by atoms with Gasteiger partial charge in [0.15, 0.2) is 0 Å². The minimum Gasteiger partial charge on any atom is -0.343 e. The van der Waals surface area contributed by atoms with Crippen molar-refractivity contribution >= 4 is 33.2 Å². The summed E-state index contributed by atoms with van der Waals surface area (Å²) in [7, 11) is 0. The summed E-state index contributed by atoms with van der Waals surface area (Å²) < 4.78 is 15.9. The smallest absolute Gasteiger partial charge is 0.257 e. The molecule has 5 rings (SSSR count). The Morgan fingerprint density at radius 2 is 2.00 bits per heavy atom. The normalized spacial score (nSPS) is 15.7. The molecule has 1 aliphatic rings. The van der Waals surface area contributed by atoms with Gasteiger partial charge in [0.05, 0.1) is 16.6 Å². The van der Waals surface area contributed by atoms with Crippen LogP contribution in [-0.4, -0.2) is 38.3 Å². The van der Waals surface area contributed by atoms with Gasteiger partial charge in [0.2, 0.25) is 5.91 Å². The molecule has 1 N–H and O–H groups in total. The number of carbonyl (C=O) groups excluding carboxylic acids is 1. The quantitative estimate of drug-likeness (QED) is 0.517. The van der Waals surface area contributed by atoms with Gasteiger partial charge >= 0.3 is 0 Å². The highest BCUT2D eigenvalue weighted by Crippen LogP contribution is 2.32. The lowest BCUT2D eigenvalue weighted by Gasteiger charge is -2.30. The third kappa shape index (κ3) is 2.50. The van der Waals surface area contributed by atoms with Crippen LogP contribution in [0.5, 0.6) is 0 Å². The molecule has 4 heterocycles. The molecule has 0 bridgehead atoms. The molecule has 0 saturated carbocycles. The van der Waals surface area contributed by atoms with E-state index in [1.165, 1.54) is 12.1 Å². The number of nitrogens with one attached hydrogen (secondary N) is 1. The fourth-order valence-electron chi connectivity index (χ4n) is 4.31. The van der Waals surface area contributed by atoms with Gasteiger partial charge in [-0.2, -0.15) is 0 Å². The molecule has 1 aliphatic heterocycles. The lowest BCUT2D eigenvalue weighted by molar-refractivity contribution is -0.129. The van der Waals surface area contributed by atoms with Gasteiger partial charge in [0, 0.05) is 49.1 Å². The van der Waals surface area contributed by atoms with E-state index in [0.717, 1.165) is 42.7 Å². The van der Waals surface area contributed by atoms with Crippen molar-refractivity contribution in [2.75, 3.05) is 13.1 Å². The second-order valence-corrected chi connectivity index (χ2v) is 7.40. The van der Waals surface area contributed by atoms with Crippen LogP contribution in [0.4, 0.5) is 4.39 Å². The second-order valence-electron chi connectivity index (χ2n) is 7.40. The third-order valence-corrected chi connectivity index (χ3v) is 5.77. The Bertz CT molecular complexity index is 1300. The first-order chi connectivity index (χ1) is 13.5. The number of aromatic nitrogens is 3. The number of rotatable bonds is 1. The summed E-state index contributed by atoms with van der Waals surface area (Å²) in [6.07, 6.45) is 5.29. The predicted octanol–water partition coefficient (Wildman–Crippen LogP) is 3.19. The summed E-state index contributed by atoms with van der Waals surface area (Å²) in [5.41, 5.74) is 2.12. The molecule has 1 amide bonds. The van der Waals surface area contributed by atoms with Crippen LogP contribution in [-0.2, 0) is 4.79 Å². The maximum Gasteiger partial charge on any atom is 0.257 e.